The Balaban J connectivity index is 1.51. The maximum Gasteiger partial charge on any atom is 0.259 e. The Hall–Kier alpha value is -2.51. The second kappa shape index (κ2) is 11.0. The van der Waals surface area contributed by atoms with Gasteiger partial charge in [0.05, 0.1) is 0 Å². The minimum atomic E-state index is -0.210. The monoisotopic (exact) mass is 427 g/mol. The molecule has 0 aliphatic carbocycles. The number of likely N-dealkylation sites (N-methyl/N-ethyl adjacent to an activating group) is 1. The lowest BCUT2D eigenvalue weighted by atomic mass is 10.1. The lowest BCUT2D eigenvalue weighted by molar-refractivity contribution is -0.130. The highest BCUT2D eigenvalue weighted by molar-refractivity contribution is 7.99. The first-order valence-electron chi connectivity index (χ1n) is 10.1. The van der Waals surface area contributed by atoms with Crippen molar-refractivity contribution in [2.45, 2.75) is 6.42 Å². The summed E-state index contributed by atoms with van der Waals surface area (Å²) in [6.07, 6.45) is 1.02. The lowest BCUT2D eigenvalue weighted by Gasteiger charge is -2.26. The molecule has 2 aromatic carbocycles. The fourth-order valence-electron chi connectivity index (χ4n) is 3.07. The Morgan fingerprint density at radius 3 is 2.53 bits per heavy atom. The van der Waals surface area contributed by atoms with Crippen molar-refractivity contribution in [3.05, 3.63) is 59.7 Å². The van der Waals surface area contributed by atoms with E-state index in [-0.39, 0.29) is 18.4 Å². The molecule has 0 bridgehead atoms. The molecule has 160 valence electrons. The van der Waals surface area contributed by atoms with Crippen LogP contribution in [-0.4, -0.2) is 73.5 Å². The van der Waals surface area contributed by atoms with Crippen molar-refractivity contribution < 1.29 is 14.3 Å². The van der Waals surface area contributed by atoms with Crippen LogP contribution < -0.4 is 10.1 Å². The molecule has 1 aliphatic rings. The van der Waals surface area contributed by atoms with Crippen LogP contribution in [-0.2, 0) is 11.2 Å². The first kappa shape index (κ1) is 22.2. The summed E-state index contributed by atoms with van der Waals surface area (Å²) in [7, 11) is 3.35. The largest absolute Gasteiger partial charge is 0.484 e. The van der Waals surface area contributed by atoms with Gasteiger partial charge in [-0.15, -0.1) is 0 Å². The molecule has 0 atom stereocenters. The third-order valence-electron chi connectivity index (χ3n) is 4.99. The molecule has 2 amide bonds. The first-order valence-corrected chi connectivity index (χ1v) is 11.3. The summed E-state index contributed by atoms with van der Waals surface area (Å²) in [5.74, 6) is 2.60. The van der Waals surface area contributed by atoms with Gasteiger partial charge in [0.2, 0.25) is 0 Å². The maximum atomic E-state index is 12.6. The summed E-state index contributed by atoms with van der Waals surface area (Å²) < 4.78 is 5.49. The normalized spacial score (nSPS) is 14.2. The lowest BCUT2D eigenvalue weighted by Crippen LogP contribution is -2.34. The zero-order chi connectivity index (χ0) is 21.3. The molecule has 0 aromatic heterocycles. The predicted octanol–water partition coefficient (Wildman–Crippen LogP) is 3.00. The van der Waals surface area contributed by atoms with Gasteiger partial charge in [-0.05, 0) is 42.3 Å². The third-order valence-corrected chi connectivity index (χ3v) is 5.93. The summed E-state index contributed by atoms with van der Waals surface area (Å²) in [4.78, 5) is 28.2. The van der Waals surface area contributed by atoms with Gasteiger partial charge in [-0.3, -0.25) is 9.59 Å². The van der Waals surface area contributed by atoms with Gasteiger partial charge in [-0.1, -0.05) is 18.2 Å². The number of rotatable bonds is 8. The Labute approximate surface area is 182 Å². The standard InChI is InChI=1S/C23H29N3O3S/c1-25(2)22(27)17-29-21-5-3-4-19(16-21)23(28)24-20-8-6-18(7-9-20)10-11-26-12-14-30-15-13-26/h3-9,16H,10-15,17H2,1-2H3,(H,24,28). The summed E-state index contributed by atoms with van der Waals surface area (Å²) in [6, 6.07) is 14.9. The van der Waals surface area contributed by atoms with Crippen molar-refractivity contribution in [3.8, 4) is 5.75 Å². The van der Waals surface area contributed by atoms with Crippen molar-refractivity contribution in [3.63, 3.8) is 0 Å². The molecule has 3 rings (SSSR count). The molecule has 1 N–H and O–H groups in total. The molecular weight excluding hydrogens is 398 g/mol. The fourth-order valence-corrected chi connectivity index (χ4v) is 4.05. The number of ether oxygens (including phenoxy) is 1. The average molecular weight is 428 g/mol. The second-order valence-electron chi connectivity index (χ2n) is 7.46. The first-order chi connectivity index (χ1) is 14.5. The third kappa shape index (κ3) is 6.78. The Kier molecular flexibility index (Phi) is 8.16. The Bertz CT molecular complexity index is 849. The van der Waals surface area contributed by atoms with Crippen LogP contribution in [0.4, 0.5) is 5.69 Å². The van der Waals surface area contributed by atoms with Gasteiger partial charge < -0.3 is 19.9 Å². The van der Waals surface area contributed by atoms with E-state index < -0.39 is 0 Å². The van der Waals surface area contributed by atoms with E-state index in [4.69, 9.17) is 4.74 Å². The summed E-state index contributed by atoms with van der Waals surface area (Å²) in [6.45, 7) is 3.36. The van der Waals surface area contributed by atoms with Crippen LogP contribution in [0.15, 0.2) is 48.5 Å². The van der Waals surface area contributed by atoms with Crippen molar-refractivity contribution >= 4 is 29.3 Å². The van der Waals surface area contributed by atoms with Crippen LogP contribution in [0, 0.1) is 0 Å². The van der Waals surface area contributed by atoms with Gasteiger partial charge in [0.1, 0.15) is 5.75 Å². The van der Waals surface area contributed by atoms with Gasteiger partial charge in [0.25, 0.3) is 11.8 Å². The van der Waals surface area contributed by atoms with E-state index in [1.807, 2.05) is 23.9 Å². The molecule has 0 saturated carbocycles. The van der Waals surface area contributed by atoms with Crippen molar-refractivity contribution in [1.29, 1.82) is 0 Å². The minimum Gasteiger partial charge on any atom is -0.484 e. The zero-order valence-corrected chi connectivity index (χ0v) is 18.4. The molecule has 1 saturated heterocycles. The minimum absolute atomic E-state index is 0.0597. The number of anilines is 1. The van der Waals surface area contributed by atoms with Gasteiger partial charge in [-0.2, -0.15) is 11.8 Å². The Morgan fingerprint density at radius 1 is 1.10 bits per heavy atom. The van der Waals surface area contributed by atoms with Crippen molar-refractivity contribution in [2.75, 3.05) is 57.2 Å². The molecule has 0 radical (unpaired) electrons. The van der Waals surface area contributed by atoms with E-state index in [0.29, 0.717) is 11.3 Å². The highest BCUT2D eigenvalue weighted by atomic mass is 32.2. The average Bonchev–Trinajstić information content (AvgIpc) is 2.77. The van der Waals surface area contributed by atoms with E-state index in [1.165, 1.54) is 35.1 Å². The molecule has 30 heavy (non-hydrogen) atoms. The number of carbonyl (C=O) groups is 2. The fraction of sp³-hybridized carbons (Fsp3) is 0.391. The van der Waals surface area contributed by atoms with E-state index in [9.17, 15) is 9.59 Å². The number of hydrogen-bond donors (Lipinski definition) is 1. The van der Waals surface area contributed by atoms with Crippen molar-refractivity contribution in [1.82, 2.24) is 9.80 Å². The molecule has 1 aliphatic heterocycles. The van der Waals surface area contributed by atoms with Crippen LogP contribution in [0.3, 0.4) is 0 Å². The zero-order valence-electron chi connectivity index (χ0n) is 17.6. The number of carbonyl (C=O) groups excluding carboxylic acids is 2. The molecule has 7 heteroatoms. The molecular formula is C23H29N3O3S. The quantitative estimate of drug-likeness (QED) is 0.702. The maximum absolute atomic E-state index is 12.6. The summed E-state index contributed by atoms with van der Waals surface area (Å²) >= 11 is 2.03. The molecule has 0 unspecified atom stereocenters. The Morgan fingerprint density at radius 2 is 1.83 bits per heavy atom. The van der Waals surface area contributed by atoms with Crippen LogP contribution >= 0.6 is 11.8 Å². The molecule has 1 fully saturated rings. The highest BCUT2D eigenvalue weighted by Gasteiger charge is 2.11. The summed E-state index contributed by atoms with van der Waals surface area (Å²) in [5, 5.41) is 2.92. The summed E-state index contributed by atoms with van der Waals surface area (Å²) in [5.41, 5.74) is 2.51. The van der Waals surface area contributed by atoms with Crippen LogP contribution in [0.25, 0.3) is 0 Å². The van der Waals surface area contributed by atoms with E-state index in [1.54, 1.807) is 38.4 Å². The topological polar surface area (TPSA) is 61.9 Å². The highest BCUT2D eigenvalue weighted by Crippen LogP contribution is 2.17. The van der Waals surface area contributed by atoms with Gasteiger partial charge in [0.15, 0.2) is 6.61 Å². The number of nitrogens with one attached hydrogen (secondary N) is 1. The smallest absolute Gasteiger partial charge is 0.259 e. The SMILES string of the molecule is CN(C)C(=O)COc1cccc(C(=O)Nc2ccc(CCN3CCSCC3)cc2)c1. The van der Waals surface area contributed by atoms with Crippen LogP contribution in [0.1, 0.15) is 15.9 Å². The number of thioether (sulfide) groups is 1. The molecule has 0 spiro atoms. The second-order valence-corrected chi connectivity index (χ2v) is 8.68. The molecule has 1 heterocycles. The van der Waals surface area contributed by atoms with Gasteiger partial charge >= 0.3 is 0 Å². The molecule has 6 nitrogen and oxygen atoms in total. The van der Waals surface area contributed by atoms with Gasteiger partial charge in [-0.25, -0.2) is 0 Å². The number of hydrogen-bond acceptors (Lipinski definition) is 5. The van der Waals surface area contributed by atoms with E-state index in [0.717, 1.165) is 18.7 Å². The molecule has 2 aromatic rings. The van der Waals surface area contributed by atoms with Crippen molar-refractivity contribution in [2.24, 2.45) is 0 Å². The van der Waals surface area contributed by atoms with Crippen LogP contribution in [0.5, 0.6) is 5.75 Å². The van der Waals surface area contributed by atoms with E-state index in [2.05, 4.69) is 22.3 Å². The number of nitrogens with zero attached hydrogens (tertiary/aromatic N) is 2. The van der Waals surface area contributed by atoms with E-state index >= 15 is 0 Å². The van der Waals surface area contributed by atoms with Gasteiger partial charge in [0, 0.05) is 56.5 Å². The number of amides is 2. The number of benzene rings is 2. The predicted molar refractivity (Wildman–Crippen MR) is 122 cm³/mol. The van der Waals surface area contributed by atoms with Crippen LogP contribution in [0.2, 0.25) is 0 Å².